The quantitative estimate of drug-likeness (QED) is 0.758. The second kappa shape index (κ2) is 7.83. The summed E-state index contributed by atoms with van der Waals surface area (Å²) in [5.74, 6) is 0.608. The molecule has 2 aromatic carbocycles. The first-order chi connectivity index (χ1) is 12.2. The Morgan fingerprint density at radius 1 is 0.960 bits per heavy atom. The van der Waals surface area contributed by atoms with E-state index in [9.17, 15) is 9.59 Å². The highest BCUT2D eigenvalue weighted by Gasteiger charge is 2.22. The molecule has 2 aromatic rings. The van der Waals surface area contributed by atoms with Crippen LogP contribution in [-0.4, -0.2) is 19.0 Å². The number of carbonyl (C=O) groups excluding carboxylic acids is 2. The number of hydrogen-bond acceptors (Lipinski definition) is 2. The average molecular weight is 337 g/mol. The van der Waals surface area contributed by atoms with Crippen molar-refractivity contribution < 1.29 is 9.59 Å². The van der Waals surface area contributed by atoms with E-state index >= 15 is 0 Å². The van der Waals surface area contributed by atoms with Gasteiger partial charge in [0, 0.05) is 25.7 Å². The SMILES string of the molecule is CNC(=O)c1cccc(CNC(=O)NCc2ccc(C3CC3)cc2)c1. The number of rotatable bonds is 6. The topological polar surface area (TPSA) is 70.2 Å². The lowest BCUT2D eigenvalue weighted by molar-refractivity contribution is 0.0963. The third-order valence-corrected chi connectivity index (χ3v) is 4.35. The van der Waals surface area contributed by atoms with E-state index in [0.29, 0.717) is 18.7 Å². The van der Waals surface area contributed by atoms with E-state index in [-0.39, 0.29) is 11.9 Å². The Morgan fingerprint density at radius 2 is 1.64 bits per heavy atom. The molecule has 0 aromatic heterocycles. The molecule has 0 unspecified atom stereocenters. The molecular formula is C20H23N3O2. The third kappa shape index (κ3) is 4.83. The number of hydrogen-bond donors (Lipinski definition) is 3. The predicted octanol–water partition coefficient (Wildman–Crippen LogP) is 2.92. The molecule has 1 fully saturated rings. The Bertz CT molecular complexity index is 752. The van der Waals surface area contributed by atoms with E-state index in [2.05, 4.69) is 40.2 Å². The van der Waals surface area contributed by atoms with E-state index in [1.807, 2.05) is 6.07 Å². The van der Waals surface area contributed by atoms with Crippen molar-refractivity contribution in [3.63, 3.8) is 0 Å². The van der Waals surface area contributed by atoms with Crippen molar-refractivity contribution in [1.82, 2.24) is 16.0 Å². The molecule has 5 heteroatoms. The summed E-state index contributed by atoms with van der Waals surface area (Å²) < 4.78 is 0. The van der Waals surface area contributed by atoms with Gasteiger partial charge in [-0.15, -0.1) is 0 Å². The lowest BCUT2D eigenvalue weighted by Gasteiger charge is -2.09. The minimum absolute atomic E-state index is 0.138. The van der Waals surface area contributed by atoms with Crippen molar-refractivity contribution in [2.75, 3.05) is 7.05 Å². The molecule has 0 saturated heterocycles. The van der Waals surface area contributed by atoms with Crippen LogP contribution >= 0.6 is 0 Å². The zero-order chi connectivity index (χ0) is 17.6. The number of benzene rings is 2. The van der Waals surface area contributed by atoms with Crippen molar-refractivity contribution in [2.24, 2.45) is 0 Å². The Balaban J connectivity index is 1.45. The Labute approximate surface area is 147 Å². The first-order valence-electron chi connectivity index (χ1n) is 8.57. The van der Waals surface area contributed by atoms with Gasteiger partial charge in [-0.2, -0.15) is 0 Å². The van der Waals surface area contributed by atoms with E-state index in [0.717, 1.165) is 17.0 Å². The van der Waals surface area contributed by atoms with Crippen LogP contribution in [0.3, 0.4) is 0 Å². The zero-order valence-corrected chi connectivity index (χ0v) is 14.3. The maximum absolute atomic E-state index is 11.9. The summed E-state index contributed by atoms with van der Waals surface area (Å²) in [7, 11) is 1.60. The van der Waals surface area contributed by atoms with Crippen LogP contribution in [0, 0.1) is 0 Å². The maximum atomic E-state index is 11.9. The zero-order valence-electron chi connectivity index (χ0n) is 14.3. The summed E-state index contributed by atoms with van der Waals surface area (Å²) in [5, 5.41) is 8.25. The molecule has 5 nitrogen and oxygen atoms in total. The van der Waals surface area contributed by atoms with Gasteiger partial charge in [0.15, 0.2) is 0 Å². The highest BCUT2D eigenvalue weighted by atomic mass is 16.2. The number of urea groups is 1. The van der Waals surface area contributed by atoms with Crippen LogP contribution in [0.4, 0.5) is 4.79 Å². The summed E-state index contributed by atoms with van der Waals surface area (Å²) in [6, 6.07) is 15.4. The monoisotopic (exact) mass is 337 g/mol. The van der Waals surface area contributed by atoms with Crippen molar-refractivity contribution in [2.45, 2.75) is 31.8 Å². The molecule has 3 amide bonds. The van der Waals surface area contributed by atoms with Crippen LogP contribution in [0.5, 0.6) is 0 Å². The summed E-state index contributed by atoms with van der Waals surface area (Å²) in [6.07, 6.45) is 2.59. The molecule has 0 aliphatic heterocycles. The minimum Gasteiger partial charge on any atom is -0.355 e. The minimum atomic E-state index is -0.225. The number of carbonyl (C=O) groups is 2. The summed E-state index contributed by atoms with van der Waals surface area (Å²) in [6.45, 7) is 0.867. The molecule has 3 rings (SSSR count). The second-order valence-corrected chi connectivity index (χ2v) is 6.33. The smallest absolute Gasteiger partial charge is 0.315 e. The van der Waals surface area contributed by atoms with E-state index in [1.165, 1.54) is 18.4 Å². The van der Waals surface area contributed by atoms with E-state index < -0.39 is 0 Å². The van der Waals surface area contributed by atoms with E-state index in [1.54, 1.807) is 25.2 Å². The van der Waals surface area contributed by atoms with Gasteiger partial charge in [0.2, 0.25) is 0 Å². The van der Waals surface area contributed by atoms with Gasteiger partial charge in [0.1, 0.15) is 0 Å². The first kappa shape index (κ1) is 17.0. The molecule has 3 N–H and O–H groups in total. The highest BCUT2D eigenvalue weighted by molar-refractivity contribution is 5.94. The van der Waals surface area contributed by atoms with Gasteiger partial charge in [-0.1, -0.05) is 36.4 Å². The molecule has 1 aliphatic carbocycles. The van der Waals surface area contributed by atoms with Gasteiger partial charge in [0.25, 0.3) is 5.91 Å². The van der Waals surface area contributed by atoms with Crippen LogP contribution in [0.25, 0.3) is 0 Å². The van der Waals surface area contributed by atoms with Crippen LogP contribution in [0.2, 0.25) is 0 Å². The average Bonchev–Trinajstić information content (AvgIpc) is 3.50. The van der Waals surface area contributed by atoms with Crippen molar-refractivity contribution in [3.05, 3.63) is 70.8 Å². The second-order valence-electron chi connectivity index (χ2n) is 6.33. The fourth-order valence-corrected chi connectivity index (χ4v) is 2.72. The first-order valence-corrected chi connectivity index (χ1v) is 8.57. The molecule has 1 aliphatic rings. The van der Waals surface area contributed by atoms with Crippen molar-refractivity contribution in [3.8, 4) is 0 Å². The molecule has 1 saturated carbocycles. The Hall–Kier alpha value is -2.82. The van der Waals surface area contributed by atoms with Crippen molar-refractivity contribution >= 4 is 11.9 Å². The molecule has 0 bridgehead atoms. The van der Waals surface area contributed by atoms with Gasteiger partial charge in [-0.05, 0) is 47.6 Å². The van der Waals surface area contributed by atoms with Crippen LogP contribution in [0.15, 0.2) is 48.5 Å². The van der Waals surface area contributed by atoms with Gasteiger partial charge >= 0.3 is 6.03 Å². The molecule has 130 valence electrons. The lowest BCUT2D eigenvalue weighted by Crippen LogP contribution is -2.34. The van der Waals surface area contributed by atoms with Gasteiger partial charge in [-0.25, -0.2) is 4.79 Å². The highest BCUT2D eigenvalue weighted by Crippen LogP contribution is 2.39. The summed E-state index contributed by atoms with van der Waals surface area (Å²) in [5.41, 5.74) is 3.94. The van der Waals surface area contributed by atoms with Gasteiger partial charge in [0.05, 0.1) is 0 Å². The Morgan fingerprint density at radius 3 is 2.28 bits per heavy atom. The third-order valence-electron chi connectivity index (χ3n) is 4.35. The number of amides is 3. The molecule has 0 heterocycles. The molecule has 0 atom stereocenters. The molecule has 25 heavy (non-hydrogen) atoms. The van der Waals surface area contributed by atoms with Crippen LogP contribution in [0.1, 0.15) is 45.8 Å². The van der Waals surface area contributed by atoms with E-state index in [4.69, 9.17) is 0 Å². The van der Waals surface area contributed by atoms with Crippen LogP contribution < -0.4 is 16.0 Å². The maximum Gasteiger partial charge on any atom is 0.315 e. The lowest BCUT2D eigenvalue weighted by atomic mass is 10.1. The summed E-state index contributed by atoms with van der Waals surface area (Å²) >= 11 is 0. The van der Waals surface area contributed by atoms with Crippen LogP contribution in [-0.2, 0) is 13.1 Å². The predicted molar refractivity (Wildman–Crippen MR) is 97.3 cm³/mol. The molecular weight excluding hydrogens is 314 g/mol. The fraction of sp³-hybridized carbons (Fsp3) is 0.300. The standard InChI is InChI=1S/C20H23N3O2/c1-21-19(24)18-4-2-3-15(11-18)13-23-20(25)22-12-14-5-7-16(8-6-14)17-9-10-17/h2-8,11,17H,9-10,12-13H2,1H3,(H,21,24)(H2,22,23,25). The van der Waals surface area contributed by atoms with Gasteiger partial charge < -0.3 is 16.0 Å². The normalized spacial score (nSPS) is 13.2. The largest absolute Gasteiger partial charge is 0.355 e. The Kier molecular flexibility index (Phi) is 5.33. The molecule has 0 spiro atoms. The molecule has 0 radical (unpaired) electrons. The van der Waals surface area contributed by atoms with Gasteiger partial charge in [-0.3, -0.25) is 4.79 Å². The number of nitrogens with one attached hydrogen (secondary N) is 3. The fourth-order valence-electron chi connectivity index (χ4n) is 2.72. The van der Waals surface area contributed by atoms with Crippen molar-refractivity contribution in [1.29, 1.82) is 0 Å². The summed E-state index contributed by atoms with van der Waals surface area (Å²) in [4.78, 5) is 23.6.